The van der Waals surface area contributed by atoms with Gasteiger partial charge in [-0.1, -0.05) is 19.4 Å². The van der Waals surface area contributed by atoms with Crippen LogP contribution in [0.3, 0.4) is 0 Å². The molecular formula is C12H22N2O. The topological polar surface area (TPSA) is 32.3 Å². The Morgan fingerprint density at radius 1 is 1.60 bits per heavy atom. The molecule has 0 aliphatic carbocycles. The molecule has 0 saturated carbocycles. The van der Waals surface area contributed by atoms with Gasteiger partial charge in [-0.2, -0.15) is 0 Å². The fourth-order valence-electron chi connectivity index (χ4n) is 2.00. The van der Waals surface area contributed by atoms with E-state index in [1.54, 1.807) is 6.08 Å². The van der Waals surface area contributed by atoms with E-state index in [0.29, 0.717) is 6.54 Å². The van der Waals surface area contributed by atoms with Crippen LogP contribution in [-0.2, 0) is 4.79 Å². The SMILES string of the molecule is C=CCN(CCC)C(=O)[C@@H]1CCCCN1. The van der Waals surface area contributed by atoms with E-state index >= 15 is 0 Å². The van der Waals surface area contributed by atoms with E-state index in [9.17, 15) is 4.79 Å². The van der Waals surface area contributed by atoms with Crippen molar-refractivity contribution in [3.63, 3.8) is 0 Å². The second-order valence-corrected chi connectivity index (χ2v) is 4.08. The van der Waals surface area contributed by atoms with Crippen LogP contribution in [-0.4, -0.2) is 36.5 Å². The first-order chi connectivity index (χ1) is 7.29. The molecule has 1 aliphatic heterocycles. The molecule has 1 fully saturated rings. The predicted octanol–water partition coefficient (Wildman–Crippen LogP) is 1.55. The van der Waals surface area contributed by atoms with Gasteiger partial charge in [-0.15, -0.1) is 6.58 Å². The van der Waals surface area contributed by atoms with E-state index in [-0.39, 0.29) is 11.9 Å². The number of carbonyl (C=O) groups is 1. The molecule has 1 saturated heterocycles. The van der Waals surface area contributed by atoms with Crippen LogP contribution in [0, 0.1) is 0 Å². The summed E-state index contributed by atoms with van der Waals surface area (Å²) >= 11 is 0. The predicted molar refractivity (Wildman–Crippen MR) is 62.7 cm³/mol. The summed E-state index contributed by atoms with van der Waals surface area (Å²) < 4.78 is 0. The van der Waals surface area contributed by atoms with Crippen molar-refractivity contribution in [2.75, 3.05) is 19.6 Å². The number of nitrogens with one attached hydrogen (secondary N) is 1. The largest absolute Gasteiger partial charge is 0.338 e. The molecule has 86 valence electrons. The lowest BCUT2D eigenvalue weighted by Gasteiger charge is -2.29. The van der Waals surface area contributed by atoms with Crippen LogP contribution >= 0.6 is 0 Å². The van der Waals surface area contributed by atoms with E-state index in [0.717, 1.165) is 32.4 Å². The Morgan fingerprint density at radius 3 is 2.93 bits per heavy atom. The fraction of sp³-hybridized carbons (Fsp3) is 0.750. The number of nitrogens with zero attached hydrogens (tertiary/aromatic N) is 1. The number of rotatable bonds is 5. The number of hydrogen-bond acceptors (Lipinski definition) is 2. The summed E-state index contributed by atoms with van der Waals surface area (Å²) in [5.74, 6) is 0.247. The Morgan fingerprint density at radius 2 is 2.40 bits per heavy atom. The number of hydrogen-bond donors (Lipinski definition) is 1. The van der Waals surface area contributed by atoms with Gasteiger partial charge in [0.25, 0.3) is 0 Å². The van der Waals surface area contributed by atoms with E-state index in [1.165, 1.54) is 6.42 Å². The Hall–Kier alpha value is -0.830. The van der Waals surface area contributed by atoms with E-state index in [2.05, 4.69) is 18.8 Å². The minimum absolute atomic E-state index is 0.0465. The number of carbonyl (C=O) groups excluding carboxylic acids is 1. The minimum atomic E-state index is 0.0465. The van der Waals surface area contributed by atoms with Gasteiger partial charge in [0.2, 0.25) is 5.91 Å². The van der Waals surface area contributed by atoms with Crippen molar-refractivity contribution in [1.29, 1.82) is 0 Å². The monoisotopic (exact) mass is 210 g/mol. The molecule has 0 unspecified atom stereocenters. The third-order valence-corrected chi connectivity index (χ3v) is 2.76. The summed E-state index contributed by atoms with van der Waals surface area (Å²) in [6.45, 7) is 8.28. The first-order valence-electron chi connectivity index (χ1n) is 5.92. The second kappa shape index (κ2) is 6.62. The van der Waals surface area contributed by atoms with Gasteiger partial charge < -0.3 is 10.2 Å². The highest BCUT2D eigenvalue weighted by Gasteiger charge is 2.24. The van der Waals surface area contributed by atoms with Gasteiger partial charge in [-0.05, 0) is 25.8 Å². The van der Waals surface area contributed by atoms with Crippen LogP contribution in [0.25, 0.3) is 0 Å². The van der Waals surface area contributed by atoms with Crippen LogP contribution in [0.15, 0.2) is 12.7 Å². The summed E-state index contributed by atoms with van der Waals surface area (Å²) in [7, 11) is 0. The summed E-state index contributed by atoms with van der Waals surface area (Å²) in [5, 5.41) is 3.29. The third-order valence-electron chi connectivity index (χ3n) is 2.76. The highest BCUT2D eigenvalue weighted by molar-refractivity contribution is 5.82. The Kier molecular flexibility index (Phi) is 5.40. The molecule has 0 bridgehead atoms. The van der Waals surface area contributed by atoms with Gasteiger partial charge in [0, 0.05) is 13.1 Å². The Labute approximate surface area is 92.5 Å². The zero-order valence-corrected chi connectivity index (χ0v) is 9.67. The Balaban J connectivity index is 2.48. The minimum Gasteiger partial charge on any atom is -0.338 e. The summed E-state index contributed by atoms with van der Waals surface area (Å²) in [4.78, 5) is 14.0. The number of piperidine rings is 1. The maximum absolute atomic E-state index is 12.1. The van der Waals surface area contributed by atoms with Crippen molar-refractivity contribution in [1.82, 2.24) is 10.2 Å². The van der Waals surface area contributed by atoms with Crippen molar-refractivity contribution >= 4 is 5.91 Å². The lowest BCUT2D eigenvalue weighted by Crippen LogP contribution is -2.48. The molecule has 3 nitrogen and oxygen atoms in total. The van der Waals surface area contributed by atoms with Crippen molar-refractivity contribution in [2.45, 2.75) is 38.6 Å². The molecular weight excluding hydrogens is 188 g/mol. The van der Waals surface area contributed by atoms with E-state index in [1.807, 2.05) is 4.90 Å². The van der Waals surface area contributed by atoms with Crippen molar-refractivity contribution in [2.24, 2.45) is 0 Å². The van der Waals surface area contributed by atoms with Gasteiger partial charge in [-0.3, -0.25) is 4.79 Å². The highest BCUT2D eigenvalue weighted by Crippen LogP contribution is 2.10. The van der Waals surface area contributed by atoms with Crippen LogP contribution in [0.5, 0.6) is 0 Å². The molecule has 0 spiro atoms. The zero-order chi connectivity index (χ0) is 11.1. The zero-order valence-electron chi connectivity index (χ0n) is 9.67. The molecule has 0 aromatic rings. The smallest absolute Gasteiger partial charge is 0.239 e. The molecule has 15 heavy (non-hydrogen) atoms. The van der Waals surface area contributed by atoms with E-state index < -0.39 is 0 Å². The molecule has 1 atom stereocenters. The second-order valence-electron chi connectivity index (χ2n) is 4.08. The lowest BCUT2D eigenvalue weighted by molar-refractivity contribution is -0.133. The van der Waals surface area contributed by atoms with Crippen molar-refractivity contribution < 1.29 is 4.79 Å². The summed E-state index contributed by atoms with van der Waals surface area (Å²) in [5.41, 5.74) is 0. The maximum atomic E-state index is 12.1. The van der Waals surface area contributed by atoms with Crippen LogP contribution in [0.2, 0.25) is 0 Å². The van der Waals surface area contributed by atoms with Crippen LogP contribution < -0.4 is 5.32 Å². The van der Waals surface area contributed by atoms with Crippen molar-refractivity contribution in [3.8, 4) is 0 Å². The first kappa shape index (κ1) is 12.2. The first-order valence-corrected chi connectivity index (χ1v) is 5.92. The lowest BCUT2D eigenvalue weighted by atomic mass is 10.0. The summed E-state index contributed by atoms with van der Waals surface area (Å²) in [6.07, 6.45) is 6.15. The van der Waals surface area contributed by atoms with Crippen LogP contribution in [0.1, 0.15) is 32.6 Å². The van der Waals surface area contributed by atoms with Gasteiger partial charge in [0.15, 0.2) is 0 Å². The van der Waals surface area contributed by atoms with Gasteiger partial charge >= 0.3 is 0 Å². The average Bonchev–Trinajstić information content (AvgIpc) is 2.29. The van der Waals surface area contributed by atoms with Gasteiger partial charge in [0.05, 0.1) is 6.04 Å². The summed E-state index contributed by atoms with van der Waals surface area (Å²) in [6, 6.07) is 0.0465. The third kappa shape index (κ3) is 3.67. The molecule has 1 heterocycles. The fourth-order valence-corrected chi connectivity index (χ4v) is 2.00. The molecule has 1 rings (SSSR count). The van der Waals surface area contributed by atoms with Gasteiger partial charge in [-0.25, -0.2) is 0 Å². The maximum Gasteiger partial charge on any atom is 0.239 e. The molecule has 3 heteroatoms. The van der Waals surface area contributed by atoms with E-state index in [4.69, 9.17) is 0 Å². The van der Waals surface area contributed by atoms with Crippen LogP contribution in [0.4, 0.5) is 0 Å². The standard InChI is InChI=1S/C12H22N2O/c1-3-9-14(10-4-2)12(15)11-7-5-6-8-13-11/h3,11,13H,1,4-10H2,2H3/t11-/m0/s1. The van der Waals surface area contributed by atoms with Gasteiger partial charge in [0.1, 0.15) is 0 Å². The normalized spacial score (nSPS) is 21.0. The molecule has 1 N–H and O–H groups in total. The molecule has 0 aromatic carbocycles. The quantitative estimate of drug-likeness (QED) is 0.698. The average molecular weight is 210 g/mol. The molecule has 1 amide bonds. The molecule has 0 radical (unpaired) electrons. The highest BCUT2D eigenvalue weighted by atomic mass is 16.2. The number of amides is 1. The molecule has 0 aromatic heterocycles. The molecule has 1 aliphatic rings. The van der Waals surface area contributed by atoms with Crippen molar-refractivity contribution in [3.05, 3.63) is 12.7 Å². The Bertz CT molecular complexity index is 210.